The van der Waals surface area contributed by atoms with Gasteiger partial charge in [0.15, 0.2) is 0 Å². The Labute approximate surface area is 148 Å². The van der Waals surface area contributed by atoms with Gasteiger partial charge in [-0.2, -0.15) is 75.5 Å². The van der Waals surface area contributed by atoms with Gasteiger partial charge in [0.25, 0.3) is 0 Å². The maximum absolute atomic E-state index is 9.73. The van der Waals surface area contributed by atoms with Crippen molar-refractivity contribution < 1.29 is 95.0 Å². The van der Waals surface area contributed by atoms with Crippen molar-refractivity contribution in [2.75, 3.05) is 0 Å². The molecule has 0 aliphatic carbocycles. The molecule has 0 saturated carbocycles. The molecule has 0 aliphatic heterocycles. The van der Waals surface area contributed by atoms with E-state index in [9.17, 15) is 75.5 Å². The van der Waals surface area contributed by atoms with Crippen LogP contribution in [0.1, 0.15) is 0 Å². The Balaban J connectivity index is -0.0000000309. The van der Waals surface area contributed by atoms with Crippen molar-refractivity contribution >= 4 is 53.1 Å². The molecule has 25 heavy (non-hydrogen) atoms. The maximum atomic E-state index is 9.73. The quantitative estimate of drug-likeness (QED) is 0.142. The predicted molar refractivity (Wildman–Crippen MR) is 61.5 cm³/mol. The van der Waals surface area contributed by atoms with E-state index < -0.39 is 53.1 Å². The number of rotatable bonds is 0. The molecule has 0 rings (SSSR count). The molecule has 0 amide bonds. The van der Waals surface area contributed by atoms with Gasteiger partial charge in [-0.3, -0.25) is 0 Å². The van der Waals surface area contributed by atoms with E-state index in [1.54, 1.807) is 0 Å². The third kappa shape index (κ3) is 3940. The fraction of sp³-hybridized carbons (Fsp3) is 0. The molecule has 0 spiro atoms. The maximum Gasteiger partial charge on any atom is 0.456 e. The average molecular weight is 629 g/mol. The monoisotopic (exact) mass is 630 g/mol. The van der Waals surface area contributed by atoms with Crippen molar-refractivity contribution in [3.63, 3.8) is 0 Å². The van der Waals surface area contributed by atoms with Crippen LogP contribution in [-0.2, 0) is 19.5 Å². The van der Waals surface area contributed by atoms with Gasteiger partial charge in [0.2, 0.25) is 0 Å². The Morgan fingerprint density at radius 2 is 0.200 bits per heavy atom. The van der Waals surface area contributed by atoms with Crippen molar-refractivity contribution in [3.8, 4) is 0 Å². The summed E-state index contributed by atoms with van der Waals surface area (Å²) in [5.74, 6) is 0. The largest absolute Gasteiger partial charge is 0.456 e. The number of hydrogen-bond donors (Lipinski definition) is 0. The van der Waals surface area contributed by atoms with E-state index in [4.69, 9.17) is 0 Å². The normalized spacial score (nSPS) is 8.64. The summed E-state index contributed by atoms with van der Waals surface area (Å²) in [6, 6.07) is 0. The van der Waals surface area contributed by atoms with E-state index in [0.717, 1.165) is 0 Å². The van der Waals surface area contributed by atoms with E-state index in [0.29, 0.717) is 0 Å². The smallest absolute Gasteiger partial charge is 0.152 e. The molecule has 0 atom stereocenters. The predicted octanol–water partition coefficient (Wildman–Crippen LogP) is 12.7. The molecule has 0 heterocycles. The first-order chi connectivity index (χ1) is 10.4. The van der Waals surface area contributed by atoms with E-state index in [2.05, 4.69) is 0 Å². The Morgan fingerprint density at radius 1 is 0.200 bits per heavy atom. The molecule has 25 heteroatoms. The van der Waals surface area contributed by atoms with Crippen molar-refractivity contribution in [2.45, 2.75) is 0 Å². The number of hydrogen-bond acceptors (Lipinski definition) is 0. The van der Waals surface area contributed by atoms with Gasteiger partial charge in [-0.1, -0.05) is 0 Å². The summed E-state index contributed by atoms with van der Waals surface area (Å²) in [6.45, 7) is 0. The molecule has 0 bridgehead atoms. The first-order valence-corrected chi connectivity index (χ1v) is 9.13. The van der Waals surface area contributed by atoms with E-state index in [1.165, 1.54) is 0 Å². The molecule has 0 aromatic heterocycles. The zero-order chi connectivity index (χ0) is 21.5. The standard InChI is InChI=1S/6F3P.Ru/c6*1-4(2)3;. The van der Waals surface area contributed by atoms with Crippen LogP contribution in [0.4, 0.5) is 75.5 Å². The van der Waals surface area contributed by atoms with Gasteiger partial charge in [0, 0.05) is 19.5 Å². The molecule has 0 fully saturated rings. The summed E-state index contributed by atoms with van der Waals surface area (Å²) < 4.78 is 175. The zero-order valence-electron chi connectivity index (χ0n) is 9.84. The Hall–Kier alpha value is 1.94. The molecule has 0 N–H and O–H groups in total. The van der Waals surface area contributed by atoms with Crippen LogP contribution < -0.4 is 0 Å². The Kier molecular flexibility index (Phi) is 74.0. The van der Waals surface area contributed by atoms with E-state index in [1.807, 2.05) is 0 Å². The summed E-state index contributed by atoms with van der Waals surface area (Å²) >= 11 is 0. The third-order valence-corrected chi connectivity index (χ3v) is 0. The minimum Gasteiger partial charge on any atom is -0.152 e. The van der Waals surface area contributed by atoms with Gasteiger partial charge in [0.05, 0.1) is 0 Å². The molecular formula is F18P6Ru. The van der Waals surface area contributed by atoms with Crippen LogP contribution in [0.2, 0.25) is 0 Å². The Morgan fingerprint density at radius 3 is 0.200 bits per heavy atom. The minimum absolute atomic E-state index is 0. The second-order valence-corrected chi connectivity index (χ2v) is 3.45. The van der Waals surface area contributed by atoms with Gasteiger partial charge in [0.1, 0.15) is 0 Å². The van der Waals surface area contributed by atoms with E-state index in [-0.39, 0.29) is 19.5 Å². The summed E-state index contributed by atoms with van der Waals surface area (Å²) in [4.78, 5) is 0. The van der Waals surface area contributed by atoms with Gasteiger partial charge in [-0.25, -0.2) is 0 Å². The summed E-state index contributed by atoms with van der Waals surface area (Å²) in [7, 11) is -24.7. The topological polar surface area (TPSA) is 0 Å². The molecule has 0 radical (unpaired) electrons. The zero-order valence-corrected chi connectivity index (χ0v) is 16.9. The van der Waals surface area contributed by atoms with Crippen LogP contribution in [0.15, 0.2) is 0 Å². The van der Waals surface area contributed by atoms with Crippen molar-refractivity contribution in [1.29, 1.82) is 0 Å². The minimum atomic E-state index is -4.12. The second kappa shape index (κ2) is 40.6. The molecular weight excluding hydrogens is 629 g/mol. The molecule has 0 nitrogen and oxygen atoms in total. The van der Waals surface area contributed by atoms with Crippen LogP contribution in [0.25, 0.3) is 0 Å². The third-order valence-electron chi connectivity index (χ3n) is 0. The van der Waals surface area contributed by atoms with Gasteiger partial charge in [-0.15, -0.1) is 0 Å². The molecule has 0 aliphatic rings. The van der Waals surface area contributed by atoms with Crippen molar-refractivity contribution in [2.24, 2.45) is 0 Å². The molecule has 0 unspecified atom stereocenters. The van der Waals surface area contributed by atoms with Crippen LogP contribution >= 0.6 is 53.1 Å². The Bertz CT molecular complexity index is 101. The van der Waals surface area contributed by atoms with Crippen molar-refractivity contribution in [3.05, 3.63) is 0 Å². The molecule has 0 aromatic carbocycles. The van der Waals surface area contributed by atoms with E-state index >= 15 is 0 Å². The summed E-state index contributed by atoms with van der Waals surface area (Å²) in [5.41, 5.74) is 0. The second-order valence-electron chi connectivity index (χ2n) is 1.15. The van der Waals surface area contributed by atoms with Gasteiger partial charge >= 0.3 is 53.1 Å². The average Bonchev–Trinajstić information content (AvgIpc) is 2.08. The first kappa shape index (κ1) is 45.6. The van der Waals surface area contributed by atoms with Crippen LogP contribution in [0.5, 0.6) is 0 Å². The fourth-order valence-corrected chi connectivity index (χ4v) is 0. The first-order valence-electron chi connectivity index (χ1n) is 3.04. The summed E-state index contributed by atoms with van der Waals surface area (Å²) in [5, 5.41) is 0. The van der Waals surface area contributed by atoms with Crippen LogP contribution in [0, 0.1) is 0 Å². The van der Waals surface area contributed by atoms with Crippen molar-refractivity contribution in [1.82, 2.24) is 0 Å². The molecule has 0 saturated heterocycles. The van der Waals surface area contributed by atoms with Gasteiger partial charge < -0.3 is 0 Å². The fourth-order valence-electron chi connectivity index (χ4n) is 0. The van der Waals surface area contributed by atoms with Crippen LogP contribution in [-0.4, -0.2) is 0 Å². The number of halogens is 18. The molecule has 164 valence electrons. The van der Waals surface area contributed by atoms with Crippen LogP contribution in [0.3, 0.4) is 0 Å². The SMILES string of the molecule is FP(F)F.FP(F)F.FP(F)F.FP(F)F.FP(F)F.FP(F)F.[Ru]. The summed E-state index contributed by atoms with van der Waals surface area (Å²) in [6.07, 6.45) is 0. The van der Waals surface area contributed by atoms with Gasteiger partial charge in [-0.05, 0) is 0 Å². The molecule has 0 aromatic rings.